The third-order valence-corrected chi connectivity index (χ3v) is 5.21. The molecule has 1 aliphatic rings. The van der Waals surface area contributed by atoms with E-state index in [1.807, 2.05) is 24.4 Å². The van der Waals surface area contributed by atoms with Crippen LogP contribution in [-0.4, -0.2) is 45.7 Å². The van der Waals surface area contributed by atoms with Crippen molar-refractivity contribution in [3.8, 4) is 0 Å². The zero-order valence-corrected chi connectivity index (χ0v) is 18.2. The zero-order chi connectivity index (χ0) is 24.7. The molecule has 4 rings (SSSR count). The summed E-state index contributed by atoms with van der Waals surface area (Å²) < 4.78 is 14.7. The maximum Gasteiger partial charge on any atom is 0.328 e. The average Bonchev–Trinajstić information content (AvgIpc) is 3.15. The van der Waals surface area contributed by atoms with Crippen LogP contribution in [0.25, 0.3) is 16.5 Å². The van der Waals surface area contributed by atoms with Gasteiger partial charge in [-0.05, 0) is 60.5 Å². The number of aromatic nitrogens is 1. The lowest BCUT2D eigenvalue weighted by Gasteiger charge is -2.13. The maximum atomic E-state index is 13.0. The van der Waals surface area contributed by atoms with E-state index in [4.69, 9.17) is 16.1 Å². The molecule has 176 valence electrons. The third-order valence-electron chi connectivity index (χ3n) is 5.21. The topological polar surface area (TPSA) is 135 Å². The van der Waals surface area contributed by atoms with E-state index in [9.17, 15) is 18.8 Å². The predicted molar refractivity (Wildman–Crippen MR) is 126 cm³/mol. The maximum absolute atomic E-state index is 13.0. The molecule has 5 N–H and O–H groups in total. The highest BCUT2D eigenvalue weighted by Gasteiger charge is 2.15. The van der Waals surface area contributed by atoms with E-state index in [-0.39, 0.29) is 18.0 Å². The number of hydrogen-bond donors (Lipinski definition) is 4. The molecule has 1 aliphatic heterocycles. The quantitative estimate of drug-likeness (QED) is 0.250. The van der Waals surface area contributed by atoms with Gasteiger partial charge in [-0.15, -0.1) is 0 Å². The summed E-state index contributed by atoms with van der Waals surface area (Å²) in [5.74, 6) is 3.23. The first kappa shape index (κ1) is 24.4. The summed E-state index contributed by atoms with van der Waals surface area (Å²) in [5.41, 5.74) is 4.79. The molecule has 2 heterocycles. The Bertz CT molecular complexity index is 1260. The first-order valence-electron chi connectivity index (χ1n) is 10.5. The van der Waals surface area contributed by atoms with Crippen molar-refractivity contribution in [3.05, 3.63) is 89.4 Å². The van der Waals surface area contributed by atoms with E-state index in [0.717, 1.165) is 41.5 Å². The Morgan fingerprint density at radius 2 is 1.74 bits per heavy atom. The molecule has 0 amide bonds. The lowest BCUT2D eigenvalue weighted by Crippen LogP contribution is -2.20. The van der Waals surface area contributed by atoms with E-state index in [1.54, 1.807) is 4.68 Å². The summed E-state index contributed by atoms with van der Waals surface area (Å²) in [6.07, 6.45) is 6.49. The minimum atomic E-state index is -1.26. The van der Waals surface area contributed by atoms with Crippen LogP contribution in [0.1, 0.15) is 27.9 Å². The first-order chi connectivity index (χ1) is 16.2. The third kappa shape index (κ3) is 6.39. The highest BCUT2D eigenvalue weighted by atomic mass is 19.1. The van der Waals surface area contributed by atoms with Crippen molar-refractivity contribution in [2.24, 2.45) is 0 Å². The van der Waals surface area contributed by atoms with Crippen LogP contribution in [-0.2, 0) is 16.0 Å². The fraction of sp³-hybridized carbons (Fsp3) is 0.160. The zero-order valence-electron chi connectivity index (χ0n) is 18.2. The summed E-state index contributed by atoms with van der Waals surface area (Å²) >= 11 is 0. The number of carboxylic acids is 2. The SMILES string of the molecule is Nn1cc(C2=CCNCC2)c2cc(CC(=O)c3ccc(F)cc3)ccc21.O=C(O)C=CC(=O)O. The second kappa shape index (κ2) is 11.1. The van der Waals surface area contributed by atoms with Gasteiger partial charge in [-0.25, -0.2) is 14.0 Å². The minimum Gasteiger partial charge on any atom is -0.478 e. The van der Waals surface area contributed by atoms with Crippen molar-refractivity contribution >= 4 is 34.2 Å². The molecule has 2 aromatic carbocycles. The fourth-order valence-electron chi connectivity index (χ4n) is 3.60. The van der Waals surface area contributed by atoms with Crippen LogP contribution in [0, 0.1) is 5.82 Å². The van der Waals surface area contributed by atoms with Gasteiger partial charge in [-0.1, -0.05) is 12.1 Å². The smallest absolute Gasteiger partial charge is 0.328 e. The van der Waals surface area contributed by atoms with Crippen LogP contribution in [0.3, 0.4) is 0 Å². The van der Waals surface area contributed by atoms with Crippen molar-refractivity contribution in [2.45, 2.75) is 12.8 Å². The van der Waals surface area contributed by atoms with Crippen LogP contribution >= 0.6 is 0 Å². The number of Topliss-reactive ketones (excluding diaryl/α,β-unsaturated/α-hetero) is 1. The van der Waals surface area contributed by atoms with Crippen molar-refractivity contribution < 1.29 is 29.0 Å². The summed E-state index contributed by atoms with van der Waals surface area (Å²) in [5, 5.41) is 20.0. The van der Waals surface area contributed by atoms with Gasteiger partial charge in [-0.2, -0.15) is 0 Å². The van der Waals surface area contributed by atoms with E-state index in [1.165, 1.54) is 29.8 Å². The molecule has 1 aromatic heterocycles. The van der Waals surface area contributed by atoms with Crippen LogP contribution in [0.4, 0.5) is 4.39 Å². The fourth-order valence-corrected chi connectivity index (χ4v) is 3.60. The molecule has 9 heteroatoms. The van der Waals surface area contributed by atoms with Gasteiger partial charge in [0.05, 0.1) is 5.52 Å². The Labute approximate surface area is 194 Å². The lowest BCUT2D eigenvalue weighted by atomic mass is 9.97. The van der Waals surface area contributed by atoms with Crippen LogP contribution in [0.2, 0.25) is 0 Å². The number of nitrogens with one attached hydrogen (secondary N) is 1. The van der Waals surface area contributed by atoms with E-state index < -0.39 is 11.9 Å². The van der Waals surface area contributed by atoms with E-state index in [2.05, 4.69) is 11.4 Å². The molecule has 8 nitrogen and oxygen atoms in total. The number of aliphatic carboxylic acids is 2. The van der Waals surface area contributed by atoms with Crippen molar-refractivity contribution in [3.63, 3.8) is 0 Å². The predicted octanol–water partition coefficient (Wildman–Crippen LogP) is 3.01. The summed E-state index contributed by atoms with van der Waals surface area (Å²) in [6.45, 7) is 1.81. The van der Waals surface area contributed by atoms with Crippen LogP contribution in [0.5, 0.6) is 0 Å². The molecular formula is C25H24FN3O5. The van der Waals surface area contributed by atoms with Gasteiger partial charge in [0.2, 0.25) is 0 Å². The van der Waals surface area contributed by atoms with Gasteiger partial charge in [0.15, 0.2) is 5.78 Å². The van der Waals surface area contributed by atoms with E-state index >= 15 is 0 Å². The van der Waals surface area contributed by atoms with Gasteiger partial charge < -0.3 is 21.4 Å². The Morgan fingerprint density at radius 3 is 2.32 bits per heavy atom. The highest BCUT2D eigenvalue weighted by molar-refractivity contribution is 5.99. The average molecular weight is 465 g/mol. The van der Waals surface area contributed by atoms with Crippen LogP contribution < -0.4 is 11.2 Å². The Morgan fingerprint density at radius 1 is 1.06 bits per heavy atom. The molecule has 0 unspecified atom stereocenters. The molecule has 0 aliphatic carbocycles. The van der Waals surface area contributed by atoms with Crippen molar-refractivity contribution in [1.82, 2.24) is 9.99 Å². The molecule has 0 bridgehead atoms. The number of rotatable bonds is 6. The number of nitrogens with zero attached hydrogens (tertiary/aromatic N) is 1. The molecular weight excluding hydrogens is 441 g/mol. The molecule has 0 saturated heterocycles. The second-order valence-corrected chi connectivity index (χ2v) is 7.60. The molecule has 0 saturated carbocycles. The summed E-state index contributed by atoms with van der Waals surface area (Å²) in [6, 6.07) is 11.6. The highest BCUT2D eigenvalue weighted by Crippen LogP contribution is 2.30. The molecule has 0 spiro atoms. The number of benzene rings is 2. The van der Waals surface area contributed by atoms with E-state index in [0.29, 0.717) is 17.7 Å². The van der Waals surface area contributed by atoms with Crippen molar-refractivity contribution in [1.29, 1.82) is 0 Å². The molecule has 0 atom stereocenters. The largest absolute Gasteiger partial charge is 0.478 e. The molecule has 0 fully saturated rings. The first-order valence-corrected chi connectivity index (χ1v) is 10.5. The number of halogens is 1. The normalized spacial score (nSPS) is 13.3. The number of hydrogen-bond acceptors (Lipinski definition) is 5. The number of ketones is 1. The summed E-state index contributed by atoms with van der Waals surface area (Å²) in [7, 11) is 0. The Balaban J connectivity index is 0.000000350. The Kier molecular flexibility index (Phi) is 7.94. The minimum absolute atomic E-state index is 0.0286. The van der Waals surface area contributed by atoms with Gasteiger partial charge in [0.1, 0.15) is 5.82 Å². The lowest BCUT2D eigenvalue weighted by molar-refractivity contribution is -0.134. The Hall–Kier alpha value is -4.24. The number of carbonyl (C=O) groups excluding carboxylic acids is 1. The molecule has 3 aromatic rings. The van der Waals surface area contributed by atoms with Gasteiger partial charge in [0.25, 0.3) is 0 Å². The van der Waals surface area contributed by atoms with Gasteiger partial charge >= 0.3 is 11.9 Å². The van der Waals surface area contributed by atoms with Gasteiger partial charge in [0, 0.05) is 47.8 Å². The standard InChI is InChI=1S/C21H20FN3O.C4H4O4/c22-17-4-2-16(3-5-17)21(26)12-14-1-6-20-18(11-14)19(13-25(20)23)15-7-9-24-10-8-15;5-3(6)1-2-4(7)8/h1-7,11,13,24H,8-10,12,23H2;1-2H,(H,5,6)(H,7,8). The number of carbonyl (C=O) groups is 3. The number of nitrogens with two attached hydrogens (primary N) is 1. The summed E-state index contributed by atoms with van der Waals surface area (Å²) in [4.78, 5) is 31.6. The number of carboxylic acid groups (broad SMARTS) is 2. The molecule has 0 radical (unpaired) electrons. The van der Waals surface area contributed by atoms with Crippen molar-refractivity contribution in [2.75, 3.05) is 18.9 Å². The number of fused-ring (bicyclic) bond motifs is 1. The van der Waals surface area contributed by atoms with Gasteiger partial charge in [-0.3, -0.25) is 9.47 Å². The van der Waals surface area contributed by atoms with Crippen LogP contribution in [0.15, 0.2) is 66.9 Å². The number of nitrogen functional groups attached to an aromatic ring is 1. The molecule has 34 heavy (non-hydrogen) atoms. The monoisotopic (exact) mass is 465 g/mol. The second-order valence-electron chi connectivity index (χ2n) is 7.60.